The van der Waals surface area contributed by atoms with E-state index in [1.807, 2.05) is 0 Å². The maximum atomic E-state index is 13.8. The normalized spacial score (nSPS) is 19.9. The van der Waals surface area contributed by atoms with Crippen molar-refractivity contribution in [3.05, 3.63) is 34.6 Å². The molecule has 19 heavy (non-hydrogen) atoms. The first-order chi connectivity index (χ1) is 8.89. The Morgan fingerprint density at radius 2 is 2.00 bits per heavy atom. The molecule has 1 fully saturated rings. The maximum Gasteiger partial charge on any atom is 0.127 e. The summed E-state index contributed by atoms with van der Waals surface area (Å²) in [4.78, 5) is 2.34. The van der Waals surface area contributed by atoms with Crippen LogP contribution < -0.4 is 0 Å². The molecular formula is C15H21ClFNO. The van der Waals surface area contributed by atoms with Crippen LogP contribution in [0.5, 0.6) is 0 Å². The molecule has 4 heteroatoms. The van der Waals surface area contributed by atoms with Crippen LogP contribution in [0, 0.1) is 5.82 Å². The van der Waals surface area contributed by atoms with Crippen LogP contribution in [0.4, 0.5) is 4.39 Å². The third kappa shape index (κ3) is 3.68. The summed E-state index contributed by atoms with van der Waals surface area (Å²) in [6.07, 6.45) is 1.74. The fraction of sp³-hybridized carbons (Fsp3) is 0.600. The van der Waals surface area contributed by atoms with Crippen molar-refractivity contribution in [3.63, 3.8) is 0 Å². The van der Waals surface area contributed by atoms with E-state index in [9.17, 15) is 9.50 Å². The van der Waals surface area contributed by atoms with Gasteiger partial charge >= 0.3 is 0 Å². The second-order valence-electron chi connectivity index (χ2n) is 5.77. The number of hydrogen-bond acceptors (Lipinski definition) is 2. The van der Waals surface area contributed by atoms with E-state index in [-0.39, 0.29) is 5.82 Å². The second-order valence-corrected chi connectivity index (χ2v) is 6.20. The van der Waals surface area contributed by atoms with E-state index in [1.165, 1.54) is 6.07 Å². The summed E-state index contributed by atoms with van der Waals surface area (Å²) in [5.41, 5.74) is -0.245. The van der Waals surface area contributed by atoms with Crippen molar-refractivity contribution in [1.82, 2.24) is 4.90 Å². The summed E-state index contributed by atoms with van der Waals surface area (Å²) in [5.74, 6) is -0.327. The molecule has 2 rings (SSSR count). The Hall–Kier alpha value is -0.640. The topological polar surface area (TPSA) is 23.5 Å². The van der Waals surface area contributed by atoms with Crippen molar-refractivity contribution < 1.29 is 9.50 Å². The summed E-state index contributed by atoms with van der Waals surface area (Å²) in [6, 6.07) is 5.15. The minimum Gasteiger partial charge on any atom is -0.389 e. The maximum absolute atomic E-state index is 13.8. The molecule has 0 aliphatic carbocycles. The summed E-state index contributed by atoms with van der Waals surface area (Å²) in [7, 11) is 0. The number of hydrogen-bond donors (Lipinski definition) is 1. The molecule has 1 saturated heterocycles. The highest BCUT2D eigenvalue weighted by atomic mass is 35.5. The van der Waals surface area contributed by atoms with Crippen LogP contribution in [0.3, 0.4) is 0 Å². The van der Waals surface area contributed by atoms with E-state index < -0.39 is 5.60 Å². The first-order valence-corrected chi connectivity index (χ1v) is 7.18. The van der Waals surface area contributed by atoms with Gasteiger partial charge in [-0.15, -0.1) is 0 Å². The molecule has 1 N–H and O–H groups in total. The molecule has 1 aliphatic rings. The average Bonchev–Trinajstić information content (AvgIpc) is 2.33. The molecule has 1 aliphatic heterocycles. The van der Waals surface area contributed by atoms with Gasteiger partial charge in [0.25, 0.3) is 0 Å². The highest BCUT2D eigenvalue weighted by Gasteiger charge is 2.33. The molecule has 0 aromatic heterocycles. The highest BCUT2D eigenvalue weighted by molar-refractivity contribution is 6.30. The quantitative estimate of drug-likeness (QED) is 0.921. The lowest BCUT2D eigenvalue weighted by atomic mass is 9.85. The van der Waals surface area contributed by atoms with Crippen LogP contribution in [0.25, 0.3) is 0 Å². The Balaban J connectivity index is 2.03. The Bertz CT molecular complexity index is 442. The van der Waals surface area contributed by atoms with Crippen molar-refractivity contribution in [2.45, 2.75) is 44.8 Å². The largest absolute Gasteiger partial charge is 0.389 e. The molecule has 1 aromatic rings. The number of halogens is 2. The van der Waals surface area contributed by atoms with Gasteiger partial charge in [-0.25, -0.2) is 4.39 Å². The van der Waals surface area contributed by atoms with Gasteiger partial charge in [0.05, 0.1) is 5.60 Å². The first kappa shape index (κ1) is 14.8. The molecule has 106 valence electrons. The van der Waals surface area contributed by atoms with E-state index in [0.717, 1.165) is 13.1 Å². The zero-order valence-electron chi connectivity index (χ0n) is 11.5. The Morgan fingerprint density at radius 3 is 2.53 bits per heavy atom. The van der Waals surface area contributed by atoms with E-state index in [2.05, 4.69) is 18.7 Å². The van der Waals surface area contributed by atoms with Crippen LogP contribution in [-0.4, -0.2) is 34.7 Å². The van der Waals surface area contributed by atoms with Crippen molar-refractivity contribution >= 4 is 11.6 Å². The zero-order chi connectivity index (χ0) is 14.0. The lowest BCUT2D eigenvalue weighted by molar-refractivity contribution is -0.0276. The van der Waals surface area contributed by atoms with Crippen molar-refractivity contribution in [3.8, 4) is 0 Å². The van der Waals surface area contributed by atoms with Gasteiger partial charge in [-0.05, 0) is 44.4 Å². The van der Waals surface area contributed by atoms with E-state index in [0.29, 0.717) is 35.9 Å². The van der Waals surface area contributed by atoms with E-state index in [1.54, 1.807) is 12.1 Å². The van der Waals surface area contributed by atoms with Crippen molar-refractivity contribution in [2.75, 3.05) is 13.1 Å². The molecule has 0 unspecified atom stereocenters. The fourth-order valence-corrected chi connectivity index (χ4v) is 2.81. The number of aliphatic hydroxyl groups is 1. The predicted molar refractivity (Wildman–Crippen MR) is 76.0 cm³/mol. The molecule has 0 amide bonds. The molecule has 0 saturated carbocycles. The molecule has 2 nitrogen and oxygen atoms in total. The molecule has 0 spiro atoms. The van der Waals surface area contributed by atoms with Crippen LogP contribution in [0.15, 0.2) is 18.2 Å². The van der Waals surface area contributed by atoms with E-state index in [4.69, 9.17) is 11.6 Å². The van der Waals surface area contributed by atoms with Gasteiger partial charge in [-0.3, -0.25) is 0 Å². The fourth-order valence-electron chi connectivity index (χ4n) is 2.65. The minimum atomic E-state index is -0.792. The summed E-state index contributed by atoms with van der Waals surface area (Å²) in [5, 5.41) is 11.0. The SMILES string of the molecule is CC(C)N1CCC(O)(Cc2ccc(Cl)cc2F)CC1. The van der Waals surface area contributed by atoms with Crippen molar-refractivity contribution in [2.24, 2.45) is 0 Å². The third-order valence-corrected chi connectivity index (χ3v) is 4.23. The Kier molecular flexibility index (Phi) is 4.49. The van der Waals surface area contributed by atoms with Gasteiger partial charge in [-0.2, -0.15) is 0 Å². The average molecular weight is 286 g/mol. The van der Waals surface area contributed by atoms with Crippen molar-refractivity contribution in [1.29, 1.82) is 0 Å². The molecular weight excluding hydrogens is 265 g/mol. The molecule has 0 atom stereocenters. The van der Waals surface area contributed by atoms with Gasteiger partial charge in [-0.1, -0.05) is 17.7 Å². The zero-order valence-corrected chi connectivity index (χ0v) is 12.3. The number of likely N-dealkylation sites (tertiary alicyclic amines) is 1. The summed E-state index contributed by atoms with van der Waals surface area (Å²) >= 11 is 5.74. The van der Waals surface area contributed by atoms with Crippen LogP contribution >= 0.6 is 11.6 Å². The minimum absolute atomic E-state index is 0.327. The molecule has 1 aromatic carbocycles. The van der Waals surface area contributed by atoms with Crippen LogP contribution in [0.1, 0.15) is 32.3 Å². The molecule has 1 heterocycles. The van der Waals surface area contributed by atoms with E-state index >= 15 is 0 Å². The van der Waals surface area contributed by atoms with Gasteiger partial charge in [0.15, 0.2) is 0 Å². The Labute approximate surface area is 119 Å². The molecule has 0 bridgehead atoms. The van der Waals surface area contributed by atoms with Gasteiger partial charge in [0, 0.05) is 30.6 Å². The lowest BCUT2D eigenvalue weighted by Crippen LogP contribution is -2.47. The number of nitrogens with zero attached hydrogens (tertiary/aromatic N) is 1. The van der Waals surface area contributed by atoms with Gasteiger partial charge in [0.2, 0.25) is 0 Å². The predicted octanol–water partition coefficient (Wildman–Crippen LogP) is 3.26. The number of rotatable bonds is 3. The Morgan fingerprint density at radius 1 is 1.37 bits per heavy atom. The summed E-state index contributed by atoms with van der Waals surface area (Å²) in [6.45, 7) is 6.04. The summed E-state index contributed by atoms with van der Waals surface area (Å²) < 4.78 is 13.8. The molecule has 0 radical (unpaired) electrons. The van der Waals surface area contributed by atoms with Gasteiger partial charge < -0.3 is 10.0 Å². The number of benzene rings is 1. The van der Waals surface area contributed by atoms with Crippen LogP contribution in [-0.2, 0) is 6.42 Å². The monoisotopic (exact) mass is 285 g/mol. The number of piperidine rings is 1. The first-order valence-electron chi connectivity index (χ1n) is 6.80. The van der Waals surface area contributed by atoms with Crippen LogP contribution in [0.2, 0.25) is 5.02 Å². The second kappa shape index (κ2) is 5.78. The highest BCUT2D eigenvalue weighted by Crippen LogP contribution is 2.28. The standard InChI is InChI=1S/C15H21ClFNO/c1-11(2)18-7-5-15(19,6-8-18)10-12-3-4-13(16)9-14(12)17/h3-4,9,11,19H,5-8,10H2,1-2H3. The smallest absolute Gasteiger partial charge is 0.127 e. The third-order valence-electron chi connectivity index (χ3n) is 3.99. The van der Waals surface area contributed by atoms with Gasteiger partial charge in [0.1, 0.15) is 5.82 Å². The lowest BCUT2D eigenvalue weighted by Gasteiger charge is -2.40.